The number of Topliss-reactive ketones (excluding diaryl/α,β-unsaturated/α-hetero) is 1. The highest BCUT2D eigenvalue weighted by atomic mass is 16.3. The average molecular weight is 486 g/mol. The molecule has 1 N–H and O–H groups in total. The molecule has 1 aromatic heterocycles. The summed E-state index contributed by atoms with van der Waals surface area (Å²) in [6.45, 7) is 4.77. The molecule has 3 heterocycles. The minimum absolute atomic E-state index is 0.0486. The molecule has 0 saturated heterocycles. The maximum atomic E-state index is 14.2. The van der Waals surface area contributed by atoms with Gasteiger partial charge in [-0.3, -0.25) is 14.4 Å². The highest BCUT2D eigenvalue weighted by Gasteiger charge is 2.65. The third-order valence-electron chi connectivity index (χ3n) is 6.77. The summed E-state index contributed by atoms with van der Waals surface area (Å²) in [6.07, 6.45) is 2.13. The van der Waals surface area contributed by atoms with Crippen LogP contribution in [0.1, 0.15) is 22.5 Å². The average Bonchev–Trinajstić information content (AvgIpc) is 3.47. The Bertz CT molecular complexity index is 1400. The number of amides is 2. The van der Waals surface area contributed by atoms with Crippen LogP contribution >= 0.6 is 0 Å². The number of para-hydroxylation sites is 2. The van der Waals surface area contributed by atoms with Gasteiger partial charge in [-0.05, 0) is 45.3 Å². The number of fused-ring (bicyclic) bond motifs is 3. The van der Waals surface area contributed by atoms with Gasteiger partial charge in [-0.15, -0.1) is 6.58 Å². The summed E-state index contributed by atoms with van der Waals surface area (Å²) in [5, 5.41) is 11.9. The van der Waals surface area contributed by atoms with Crippen LogP contribution in [-0.2, 0) is 15.1 Å². The number of furan rings is 1. The summed E-state index contributed by atoms with van der Waals surface area (Å²) in [6, 6.07) is 15.7. The third-order valence-corrected chi connectivity index (χ3v) is 6.77. The van der Waals surface area contributed by atoms with Crippen molar-refractivity contribution < 1.29 is 23.9 Å². The lowest BCUT2D eigenvalue weighted by atomic mass is 9.81. The van der Waals surface area contributed by atoms with Gasteiger partial charge in [-0.25, -0.2) is 0 Å². The van der Waals surface area contributed by atoms with E-state index >= 15 is 0 Å². The minimum Gasteiger partial charge on any atom is -0.503 e. The molecule has 36 heavy (non-hydrogen) atoms. The number of carbonyl (C=O) groups is 3. The molecular weight excluding hydrogens is 458 g/mol. The van der Waals surface area contributed by atoms with Gasteiger partial charge in [0.1, 0.15) is 5.58 Å². The molecule has 0 unspecified atom stereocenters. The smallest absolute Gasteiger partial charge is 0.290 e. The quantitative estimate of drug-likeness (QED) is 0.387. The van der Waals surface area contributed by atoms with E-state index in [4.69, 9.17) is 4.42 Å². The summed E-state index contributed by atoms with van der Waals surface area (Å²) < 4.78 is 5.80. The Morgan fingerprint density at radius 2 is 1.86 bits per heavy atom. The molecule has 2 aromatic carbocycles. The van der Waals surface area contributed by atoms with Gasteiger partial charge < -0.3 is 24.2 Å². The van der Waals surface area contributed by atoms with Gasteiger partial charge in [0.2, 0.25) is 5.78 Å². The zero-order valence-corrected chi connectivity index (χ0v) is 20.2. The van der Waals surface area contributed by atoms with Crippen LogP contribution in [-0.4, -0.2) is 66.2 Å². The maximum Gasteiger partial charge on any atom is 0.290 e. The molecule has 0 bridgehead atoms. The third kappa shape index (κ3) is 3.29. The van der Waals surface area contributed by atoms with Gasteiger partial charge in [0.25, 0.3) is 11.8 Å². The van der Waals surface area contributed by atoms with Crippen LogP contribution in [0.15, 0.2) is 83.0 Å². The summed E-state index contributed by atoms with van der Waals surface area (Å²) >= 11 is 0. The van der Waals surface area contributed by atoms with E-state index in [2.05, 4.69) is 6.58 Å². The molecule has 2 aliphatic heterocycles. The molecule has 2 amide bonds. The molecule has 0 saturated carbocycles. The number of hydrogen-bond donors (Lipinski definition) is 1. The molecule has 3 aromatic rings. The number of rotatable bonds is 8. The van der Waals surface area contributed by atoms with Crippen LogP contribution in [0.5, 0.6) is 0 Å². The Morgan fingerprint density at radius 1 is 1.14 bits per heavy atom. The number of anilines is 1. The number of hydrogen-bond acceptors (Lipinski definition) is 6. The van der Waals surface area contributed by atoms with Crippen molar-refractivity contribution in [3.63, 3.8) is 0 Å². The van der Waals surface area contributed by atoms with Crippen LogP contribution in [0, 0.1) is 0 Å². The SMILES string of the molecule is C=CCN1C(=O)[C@]2(C(C(=O)c3cc4ccccc4o3)=C(O)C(=O)N2CCCN(C)C)c2ccccc21. The fourth-order valence-electron chi connectivity index (χ4n) is 5.24. The van der Waals surface area contributed by atoms with Crippen molar-refractivity contribution in [2.24, 2.45) is 0 Å². The van der Waals surface area contributed by atoms with E-state index in [0.29, 0.717) is 35.2 Å². The van der Waals surface area contributed by atoms with Crippen molar-refractivity contribution in [1.29, 1.82) is 0 Å². The fraction of sp³-hybridized carbons (Fsp3) is 0.250. The fourth-order valence-corrected chi connectivity index (χ4v) is 5.24. The van der Waals surface area contributed by atoms with Crippen molar-refractivity contribution in [3.8, 4) is 0 Å². The standard InChI is InChI=1S/C28H27N3O5/c1-4-14-30-20-12-7-6-11-19(20)28(27(30)35)23(25(33)26(34)31(28)16-9-15-29(2)3)24(32)22-17-18-10-5-8-13-21(18)36-22/h4-8,10-13,17,33H,1,9,14-16H2,2-3H3/t28-/m1/s1. The van der Waals surface area contributed by atoms with Crippen molar-refractivity contribution in [2.45, 2.75) is 12.0 Å². The van der Waals surface area contributed by atoms with Crippen LogP contribution in [0.25, 0.3) is 11.0 Å². The number of ketones is 1. The topological polar surface area (TPSA) is 94.3 Å². The summed E-state index contributed by atoms with van der Waals surface area (Å²) in [5.41, 5.74) is -0.548. The van der Waals surface area contributed by atoms with E-state index < -0.39 is 28.9 Å². The second-order valence-corrected chi connectivity index (χ2v) is 9.25. The minimum atomic E-state index is -1.80. The van der Waals surface area contributed by atoms with E-state index in [-0.39, 0.29) is 24.4 Å². The van der Waals surface area contributed by atoms with Crippen LogP contribution in [0.3, 0.4) is 0 Å². The van der Waals surface area contributed by atoms with Crippen molar-refractivity contribution in [3.05, 3.63) is 89.9 Å². The lowest BCUT2D eigenvalue weighted by Crippen LogP contribution is -2.54. The first-order valence-corrected chi connectivity index (χ1v) is 11.8. The highest BCUT2D eigenvalue weighted by Crippen LogP contribution is 2.53. The van der Waals surface area contributed by atoms with Crippen LogP contribution in [0.2, 0.25) is 0 Å². The molecule has 2 aliphatic rings. The molecule has 5 rings (SSSR count). The molecule has 184 valence electrons. The van der Waals surface area contributed by atoms with Gasteiger partial charge in [-0.1, -0.05) is 42.5 Å². The van der Waals surface area contributed by atoms with Gasteiger partial charge in [-0.2, -0.15) is 0 Å². The summed E-state index contributed by atoms with van der Waals surface area (Å²) in [7, 11) is 3.82. The van der Waals surface area contributed by atoms with E-state index in [1.165, 1.54) is 9.80 Å². The van der Waals surface area contributed by atoms with Crippen molar-refractivity contribution >= 4 is 34.3 Å². The Kier molecular flexibility index (Phi) is 5.76. The lowest BCUT2D eigenvalue weighted by Gasteiger charge is -2.35. The number of nitrogens with zero attached hydrogens (tertiary/aromatic N) is 3. The first-order valence-electron chi connectivity index (χ1n) is 11.8. The molecule has 0 fully saturated rings. The maximum absolute atomic E-state index is 14.2. The number of carbonyl (C=O) groups excluding carboxylic acids is 3. The van der Waals surface area contributed by atoms with Crippen LogP contribution in [0.4, 0.5) is 5.69 Å². The second-order valence-electron chi connectivity index (χ2n) is 9.25. The predicted octanol–water partition coefficient (Wildman–Crippen LogP) is 3.65. The number of aliphatic hydroxyl groups is 1. The van der Waals surface area contributed by atoms with Gasteiger partial charge in [0.05, 0.1) is 11.3 Å². The Hall–Kier alpha value is -4.17. The number of aliphatic hydroxyl groups excluding tert-OH is 1. The van der Waals surface area contributed by atoms with E-state index in [1.54, 1.807) is 54.6 Å². The molecule has 8 nitrogen and oxygen atoms in total. The van der Waals surface area contributed by atoms with Gasteiger partial charge in [0, 0.05) is 24.0 Å². The van der Waals surface area contributed by atoms with E-state index in [1.807, 2.05) is 25.1 Å². The van der Waals surface area contributed by atoms with Crippen LogP contribution < -0.4 is 4.90 Å². The normalized spacial score (nSPS) is 19.3. The largest absolute Gasteiger partial charge is 0.503 e. The highest BCUT2D eigenvalue weighted by molar-refractivity contribution is 6.26. The van der Waals surface area contributed by atoms with Crippen molar-refractivity contribution in [1.82, 2.24) is 9.80 Å². The molecule has 1 spiro atoms. The Morgan fingerprint density at radius 3 is 2.58 bits per heavy atom. The van der Waals surface area contributed by atoms with E-state index in [9.17, 15) is 19.5 Å². The first-order chi connectivity index (χ1) is 17.3. The summed E-state index contributed by atoms with van der Waals surface area (Å²) in [5.74, 6) is -2.71. The molecular formula is C28H27N3O5. The summed E-state index contributed by atoms with van der Waals surface area (Å²) in [4.78, 5) is 46.5. The Balaban J connectivity index is 1.72. The second kappa shape index (κ2) is 8.80. The lowest BCUT2D eigenvalue weighted by molar-refractivity contribution is -0.139. The molecule has 0 aliphatic carbocycles. The monoisotopic (exact) mass is 485 g/mol. The van der Waals surface area contributed by atoms with E-state index in [0.717, 1.165) is 0 Å². The molecule has 8 heteroatoms. The zero-order chi connectivity index (χ0) is 25.6. The first kappa shape index (κ1) is 23.6. The number of benzene rings is 2. The Labute approximate surface area is 208 Å². The van der Waals surface area contributed by atoms with Gasteiger partial charge in [0.15, 0.2) is 17.1 Å². The molecule has 1 atom stereocenters. The van der Waals surface area contributed by atoms with Crippen molar-refractivity contribution in [2.75, 3.05) is 38.6 Å². The van der Waals surface area contributed by atoms with Gasteiger partial charge >= 0.3 is 0 Å². The molecule has 0 radical (unpaired) electrons. The zero-order valence-electron chi connectivity index (χ0n) is 20.2. The predicted molar refractivity (Wildman–Crippen MR) is 136 cm³/mol.